The van der Waals surface area contributed by atoms with Crippen molar-refractivity contribution in [3.05, 3.63) is 23.3 Å². The number of methoxy groups -OCH3 is 1. The highest BCUT2D eigenvalue weighted by molar-refractivity contribution is 5.85. The summed E-state index contributed by atoms with van der Waals surface area (Å²) in [5.41, 5.74) is 2.77. The van der Waals surface area contributed by atoms with Gasteiger partial charge in [0.25, 0.3) is 0 Å². The van der Waals surface area contributed by atoms with E-state index in [4.69, 9.17) is 9.47 Å². The third kappa shape index (κ3) is 1.70. The zero-order valence-corrected chi connectivity index (χ0v) is 14.4. The van der Waals surface area contributed by atoms with Gasteiger partial charge in [-0.25, -0.2) is 0 Å². The van der Waals surface area contributed by atoms with E-state index >= 15 is 0 Å². The fourth-order valence-electron chi connectivity index (χ4n) is 5.88. The van der Waals surface area contributed by atoms with E-state index in [9.17, 15) is 5.11 Å². The molecule has 2 aliphatic heterocycles. The average Bonchev–Trinajstić information content (AvgIpc) is 2.86. The van der Waals surface area contributed by atoms with Gasteiger partial charge in [0.2, 0.25) is 0 Å². The Balaban J connectivity index is 0.00000135. The molecule has 5 rings (SSSR count). The molecule has 1 N–H and O–H groups in total. The Kier molecular flexibility index (Phi) is 3.39. The molecule has 2 aliphatic carbocycles. The number of likely N-dealkylation sites (N-methyl/N-ethyl adjacent to an activating group) is 1. The second kappa shape index (κ2) is 5.01. The lowest BCUT2D eigenvalue weighted by Crippen LogP contribution is -2.67. The Bertz CT molecular complexity index is 651. The van der Waals surface area contributed by atoms with E-state index < -0.39 is 0 Å². The lowest BCUT2D eigenvalue weighted by molar-refractivity contribution is -0.106. The molecule has 0 unspecified atom stereocenters. The van der Waals surface area contributed by atoms with Crippen LogP contribution in [-0.2, 0) is 11.8 Å². The van der Waals surface area contributed by atoms with Gasteiger partial charge in [-0.3, -0.25) is 0 Å². The Labute approximate surface area is 143 Å². The Morgan fingerprint density at radius 2 is 2.17 bits per heavy atom. The van der Waals surface area contributed by atoms with Gasteiger partial charge in [0.1, 0.15) is 6.10 Å². The molecule has 0 amide bonds. The molecule has 4 aliphatic rings. The van der Waals surface area contributed by atoms with Crippen LogP contribution in [0.4, 0.5) is 0 Å². The van der Waals surface area contributed by atoms with Crippen LogP contribution in [0.3, 0.4) is 0 Å². The van der Waals surface area contributed by atoms with E-state index in [2.05, 4.69) is 24.1 Å². The topological polar surface area (TPSA) is 41.9 Å². The minimum Gasteiger partial charge on any atom is -0.493 e. The van der Waals surface area contributed by atoms with Gasteiger partial charge in [-0.1, -0.05) is 6.07 Å². The molecule has 5 heteroatoms. The second-order valence-electron chi connectivity index (χ2n) is 7.45. The highest BCUT2D eigenvalue weighted by Crippen LogP contribution is 2.63. The van der Waals surface area contributed by atoms with Crippen molar-refractivity contribution in [2.75, 3.05) is 20.7 Å². The first-order valence-electron chi connectivity index (χ1n) is 8.42. The number of ether oxygens (including phenoxy) is 2. The van der Waals surface area contributed by atoms with Crippen LogP contribution in [0.2, 0.25) is 0 Å². The molecule has 1 saturated heterocycles. The van der Waals surface area contributed by atoms with Crippen LogP contribution in [0.5, 0.6) is 11.5 Å². The monoisotopic (exact) mass is 337 g/mol. The van der Waals surface area contributed by atoms with E-state index in [0.29, 0.717) is 12.0 Å². The van der Waals surface area contributed by atoms with E-state index in [1.165, 1.54) is 11.1 Å². The number of piperidine rings is 1. The minimum atomic E-state index is -0.210. The van der Waals surface area contributed by atoms with Crippen molar-refractivity contribution in [1.29, 1.82) is 0 Å². The van der Waals surface area contributed by atoms with Crippen molar-refractivity contribution in [1.82, 2.24) is 4.90 Å². The van der Waals surface area contributed by atoms with E-state index in [1.807, 2.05) is 0 Å². The summed E-state index contributed by atoms with van der Waals surface area (Å²) < 4.78 is 12.0. The number of likely N-dealkylation sites (tertiary alicyclic amines) is 1. The molecule has 0 radical (unpaired) electrons. The van der Waals surface area contributed by atoms with Gasteiger partial charge >= 0.3 is 0 Å². The zero-order valence-electron chi connectivity index (χ0n) is 13.6. The molecule has 23 heavy (non-hydrogen) atoms. The van der Waals surface area contributed by atoms with Crippen LogP contribution in [0.25, 0.3) is 0 Å². The summed E-state index contributed by atoms with van der Waals surface area (Å²) in [4.78, 5) is 2.45. The third-order valence-corrected chi connectivity index (χ3v) is 6.75. The molecule has 2 fully saturated rings. The predicted molar refractivity (Wildman–Crippen MR) is 89.8 cm³/mol. The van der Waals surface area contributed by atoms with Crippen LogP contribution in [0, 0.1) is 5.92 Å². The van der Waals surface area contributed by atoms with Crippen molar-refractivity contribution in [2.45, 2.75) is 49.3 Å². The normalized spacial score (nSPS) is 40.0. The molecule has 126 valence electrons. The molecule has 1 saturated carbocycles. The molecular weight excluding hydrogens is 314 g/mol. The summed E-state index contributed by atoms with van der Waals surface area (Å²) in [6, 6.07) is 4.70. The van der Waals surface area contributed by atoms with Crippen LogP contribution in [0.15, 0.2) is 12.1 Å². The molecule has 5 atom stereocenters. The molecule has 4 nitrogen and oxygen atoms in total. The number of hydrogen-bond acceptors (Lipinski definition) is 4. The van der Waals surface area contributed by atoms with Gasteiger partial charge < -0.3 is 19.5 Å². The Morgan fingerprint density at radius 3 is 2.96 bits per heavy atom. The van der Waals surface area contributed by atoms with E-state index in [-0.39, 0.29) is 30.0 Å². The summed E-state index contributed by atoms with van der Waals surface area (Å²) >= 11 is 0. The first kappa shape index (κ1) is 15.6. The van der Waals surface area contributed by atoms with Crippen molar-refractivity contribution >= 4 is 12.4 Å². The molecular formula is C18H24ClNO3. The SMILES string of the molecule is COc1ccc2c3c1O[C@H]1CC[C@H](O)[C@H]4[C@@H](C2)N(C)CC[C@@]341.Cl. The van der Waals surface area contributed by atoms with Gasteiger partial charge in [0, 0.05) is 22.9 Å². The maximum Gasteiger partial charge on any atom is 0.165 e. The minimum absolute atomic E-state index is 0. The smallest absolute Gasteiger partial charge is 0.165 e. The number of aliphatic hydroxyl groups excluding tert-OH is 1. The summed E-state index contributed by atoms with van der Waals surface area (Å²) in [6.45, 7) is 1.09. The van der Waals surface area contributed by atoms with Crippen molar-refractivity contribution in [3.63, 3.8) is 0 Å². The van der Waals surface area contributed by atoms with Crippen molar-refractivity contribution < 1.29 is 14.6 Å². The van der Waals surface area contributed by atoms with Crippen LogP contribution < -0.4 is 9.47 Å². The molecule has 2 heterocycles. The lowest BCUT2D eigenvalue weighted by Gasteiger charge is -2.59. The summed E-state index contributed by atoms with van der Waals surface area (Å²) in [6.07, 6.45) is 3.90. The molecule has 1 aromatic carbocycles. The van der Waals surface area contributed by atoms with Gasteiger partial charge in [-0.15, -0.1) is 12.4 Å². The fourth-order valence-corrected chi connectivity index (χ4v) is 5.88. The molecule has 1 spiro atoms. The zero-order chi connectivity index (χ0) is 15.1. The maximum atomic E-state index is 10.8. The van der Waals surface area contributed by atoms with Crippen molar-refractivity contribution in [2.24, 2.45) is 5.92 Å². The van der Waals surface area contributed by atoms with Crippen LogP contribution in [0.1, 0.15) is 30.4 Å². The Morgan fingerprint density at radius 1 is 1.35 bits per heavy atom. The van der Waals surface area contributed by atoms with E-state index in [1.54, 1.807) is 7.11 Å². The number of halogens is 1. The van der Waals surface area contributed by atoms with Gasteiger partial charge in [0.15, 0.2) is 11.5 Å². The first-order chi connectivity index (χ1) is 10.7. The van der Waals surface area contributed by atoms with Crippen molar-refractivity contribution in [3.8, 4) is 11.5 Å². The number of rotatable bonds is 1. The predicted octanol–water partition coefficient (Wildman–Crippen LogP) is 2.15. The lowest BCUT2D eigenvalue weighted by atomic mass is 9.51. The quantitative estimate of drug-likeness (QED) is 0.852. The number of benzene rings is 1. The van der Waals surface area contributed by atoms with E-state index in [0.717, 1.165) is 43.7 Å². The summed E-state index contributed by atoms with van der Waals surface area (Å²) in [5, 5.41) is 10.8. The van der Waals surface area contributed by atoms with Gasteiger partial charge in [0.05, 0.1) is 13.2 Å². The molecule has 0 aromatic heterocycles. The second-order valence-corrected chi connectivity index (χ2v) is 7.45. The maximum absolute atomic E-state index is 10.8. The highest BCUT2D eigenvalue weighted by Gasteiger charge is 2.65. The fraction of sp³-hybridized carbons (Fsp3) is 0.667. The van der Waals surface area contributed by atoms with Crippen LogP contribution in [-0.4, -0.2) is 49.0 Å². The largest absolute Gasteiger partial charge is 0.493 e. The molecule has 1 aromatic rings. The van der Waals surface area contributed by atoms with Gasteiger partial charge in [-0.2, -0.15) is 0 Å². The average molecular weight is 338 g/mol. The van der Waals surface area contributed by atoms with Gasteiger partial charge in [-0.05, 0) is 50.9 Å². The highest BCUT2D eigenvalue weighted by atomic mass is 35.5. The number of hydrogen-bond donors (Lipinski definition) is 1. The molecule has 2 bridgehead atoms. The standard InChI is InChI=1S/C18H23NO3.ClH/c1-19-8-7-18-14-6-4-12(20)16(18)11(19)9-10-3-5-13(21-2)17(22-14)15(10)18;/h3,5,11-12,14,16,20H,4,6-9H2,1-2H3;1H/t11-,12+,14+,16-,18-;/m1./s1. The summed E-state index contributed by atoms with van der Waals surface area (Å²) in [5.74, 6) is 2.12. The third-order valence-electron chi connectivity index (χ3n) is 6.75. The Hall–Kier alpha value is -0.970. The van der Waals surface area contributed by atoms with Crippen LogP contribution >= 0.6 is 12.4 Å². The first-order valence-corrected chi connectivity index (χ1v) is 8.42. The number of nitrogens with zero attached hydrogens (tertiary/aromatic N) is 1. The number of aliphatic hydroxyl groups is 1. The summed E-state index contributed by atoms with van der Waals surface area (Å²) in [7, 11) is 3.92.